The molecule has 1 aliphatic heterocycles. The number of anilines is 1. The van der Waals surface area contributed by atoms with Gasteiger partial charge < -0.3 is 15.0 Å². The molecule has 4 nitrogen and oxygen atoms in total. The number of rotatable bonds is 2. The maximum absolute atomic E-state index is 12.6. The van der Waals surface area contributed by atoms with Gasteiger partial charge in [-0.3, -0.25) is 4.79 Å². The molecule has 0 bridgehead atoms. The van der Waals surface area contributed by atoms with Gasteiger partial charge in [0, 0.05) is 30.4 Å². The predicted molar refractivity (Wildman–Crippen MR) is 82.7 cm³/mol. The molecule has 3 rings (SSSR count). The van der Waals surface area contributed by atoms with Crippen molar-refractivity contribution >= 4 is 11.6 Å². The first-order valence-electron chi connectivity index (χ1n) is 7.06. The zero-order valence-corrected chi connectivity index (χ0v) is 12.0. The second-order valence-electron chi connectivity index (χ2n) is 5.01. The molecule has 0 aliphatic carbocycles. The molecule has 0 aromatic heterocycles. The Bertz CT molecular complexity index is 637. The fourth-order valence-electron chi connectivity index (χ4n) is 2.46. The fourth-order valence-corrected chi connectivity index (χ4v) is 2.46. The van der Waals surface area contributed by atoms with E-state index in [-0.39, 0.29) is 5.91 Å². The number of hydrogen-bond donors (Lipinski definition) is 1. The molecule has 21 heavy (non-hydrogen) atoms. The van der Waals surface area contributed by atoms with Crippen LogP contribution >= 0.6 is 0 Å². The van der Waals surface area contributed by atoms with Crippen LogP contribution in [0.5, 0.6) is 5.75 Å². The zero-order chi connectivity index (χ0) is 14.7. The minimum absolute atomic E-state index is 0.0398. The predicted octanol–water partition coefficient (Wildman–Crippen LogP) is 2.76. The average Bonchev–Trinajstić information content (AvgIpc) is 2.76. The molecule has 0 saturated heterocycles. The minimum Gasteiger partial charge on any atom is -0.491 e. The van der Waals surface area contributed by atoms with Crippen molar-refractivity contribution in [1.82, 2.24) is 4.90 Å². The lowest BCUT2D eigenvalue weighted by Crippen LogP contribution is -2.32. The molecule has 4 heteroatoms. The lowest BCUT2D eigenvalue weighted by molar-refractivity contribution is 0.0733. The molecule has 0 spiro atoms. The van der Waals surface area contributed by atoms with Crippen LogP contribution in [0.25, 0.3) is 0 Å². The molecule has 1 aliphatic rings. The number of nitrogens with one attached hydrogen (secondary N) is 1. The van der Waals surface area contributed by atoms with E-state index in [2.05, 4.69) is 5.32 Å². The molecular weight excluding hydrogens is 264 g/mol. The van der Waals surface area contributed by atoms with Gasteiger partial charge in [0.15, 0.2) is 0 Å². The van der Waals surface area contributed by atoms with Crippen LogP contribution in [0.2, 0.25) is 0 Å². The molecule has 0 radical (unpaired) electrons. The van der Waals surface area contributed by atoms with E-state index >= 15 is 0 Å². The minimum atomic E-state index is 0.0398. The Kier molecular flexibility index (Phi) is 3.77. The Morgan fingerprint density at radius 2 is 1.90 bits per heavy atom. The van der Waals surface area contributed by atoms with Crippen LogP contribution in [-0.4, -0.2) is 31.0 Å². The third kappa shape index (κ3) is 2.84. The van der Waals surface area contributed by atoms with Crippen molar-refractivity contribution in [2.24, 2.45) is 0 Å². The second kappa shape index (κ2) is 5.87. The van der Waals surface area contributed by atoms with Crippen LogP contribution in [0.15, 0.2) is 48.5 Å². The largest absolute Gasteiger partial charge is 0.491 e. The summed E-state index contributed by atoms with van der Waals surface area (Å²) < 4.78 is 5.70. The van der Waals surface area contributed by atoms with Gasteiger partial charge in [0.05, 0.1) is 6.54 Å². The molecule has 2 aromatic carbocycles. The molecule has 1 amide bonds. The first kappa shape index (κ1) is 13.5. The smallest absolute Gasteiger partial charge is 0.254 e. The van der Waals surface area contributed by atoms with E-state index in [1.807, 2.05) is 60.5 Å². The number of amides is 1. The zero-order valence-electron chi connectivity index (χ0n) is 12.0. The van der Waals surface area contributed by atoms with Crippen molar-refractivity contribution in [3.05, 3.63) is 59.7 Å². The van der Waals surface area contributed by atoms with Crippen molar-refractivity contribution in [3.63, 3.8) is 0 Å². The second-order valence-corrected chi connectivity index (χ2v) is 5.01. The third-order valence-electron chi connectivity index (χ3n) is 3.66. The van der Waals surface area contributed by atoms with Crippen molar-refractivity contribution in [1.29, 1.82) is 0 Å². The summed E-state index contributed by atoms with van der Waals surface area (Å²) in [6.45, 7) is 1.71. The normalized spacial score (nSPS) is 13.9. The standard InChI is InChI=1S/C17H18N2O2/c1-18-15-8-6-13(7-9-15)17(20)19-10-11-21-16-5-3-2-4-14(16)12-19/h2-9,18H,10-12H2,1H3. The first-order chi connectivity index (χ1) is 10.3. The molecule has 108 valence electrons. The molecule has 0 atom stereocenters. The summed E-state index contributed by atoms with van der Waals surface area (Å²) >= 11 is 0. The number of nitrogens with zero attached hydrogens (tertiary/aromatic N) is 1. The van der Waals surface area contributed by atoms with E-state index in [0.29, 0.717) is 25.3 Å². The molecule has 1 heterocycles. The van der Waals surface area contributed by atoms with Gasteiger partial charge in [0.1, 0.15) is 12.4 Å². The van der Waals surface area contributed by atoms with E-state index in [9.17, 15) is 4.79 Å². The summed E-state index contributed by atoms with van der Waals surface area (Å²) in [5, 5.41) is 3.05. The van der Waals surface area contributed by atoms with Crippen LogP contribution in [0.4, 0.5) is 5.69 Å². The quantitative estimate of drug-likeness (QED) is 0.921. The van der Waals surface area contributed by atoms with Gasteiger partial charge in [0.25, 0.3) is 5.91 Å². The summed E-state index contributed by atoms with van der Waals surface area (Å²) in [6, 6.07) is 15.4. The van der Waals surface area contributed by atoms with Gasteiger partial charge in [-0.15, -0.1) is 0 Å². The Morgan fingerprint density at radius 1 is 1.14 bits per heavy atom. The van der Waals surface area contributed by atoms with Gasteiger partial charge in [-0.1, -0.05) is 18.2 Å². The maximum Gasteiger partial charge on any atom is 0.254 e. The van der Waals surface area contributed by atoms with Gasteiger partial charge in [-0.25, -0.2) is 0 Å². The van der Waals surface area contributed by atoms with Crippen molar-refractivity contribution < 1.29 is 9.53 Å². The van der Waals surface area contributed by atoms with E-state index in [4.69, 9.17) is 4.74 Å². The monoisotopic (exact) mass is 282 g/mol. The number of ether oxygens (including phenoxy) is 1. The number of hydrogen-bond acceptors (Lipinski definition) is 3. The lowest BCUT2D eigenvalue weighted by atomic mass is 10.1. The number of benzene rings is 2. The first-order valence-corrected chi connectivity index (χ1v) is 7.06. The van der Waals surface area contributed by atoms with E-state index < -0.39 is 0 Å². The number of para-hydroxylation sites is 1. The summed E-state index contributed by atoms with van der Waals surface area (Å²) in [4.78, 5) is 14.4. The fraction of sp³-hybridized carbons (Fsp3) is 0.235. The number of carbonyl (C=O) groups is 1. The SMILES string of the molecule is CNc1ccc(C(=O)N2CCOc3ccccc3C2)cc1. The van der Waals surface area contributed by atoms with Crippen molar-refractivity contribution in [2.75, 3.05) is 25.5 Å². The molecule has 2 aromatic rings. The van der Waals surface area contributed by atoms with Crippen molar-refractivity contribution in [3.8, 4) is 5.75 Å². The summed E-state index contributed by atoms with van der Waals surface area (Å²) in [5.41, 5.74) is 2.75. The molecule has 1 N–H and O–H groups in total. The van der Waals surface area contributed by atoms with Crippen LogP contribution in [0.1, 0.15) is 15.9 Å². The third-order valence-corrected chi connectivity index (χ3v) is 3.66. The molecular formula is C17H18N2O2. The summed E-state index contributed by atoms with van der Waals surface area (Å²) in [5.74, 6) is 0.913. The maximum atomic E-state index is 12.6. The lowest BCUT2D eigenvalue weighted by Gasteiger charge is -2.20. The Morgan fingerprint density at radius 3 is 2.67 bits per heavy atom. The van der Waals surface area contributed by atoms with Gasteiger partial charge in [0.2, 0.25) is 0 Å². The van der Waals surface area contributed by atoms with E-state index in [0.717, 1.165) is 17.0 Å². The van der Waals surface area contributed by atoms with Gasteiger partial charge >= 0.3 is 0 Å². The van der Waals surface area contributed by atoms with Gasteiger partial charge in [-0.05, 0) is 30.3 Å². The highest BCUT2D eigenvalue weighted by Gasteiger charge is 2.20. The highest BCUT2D eigenvalue weighted by molar-refractivity contribution is 5.94. The topological polar surface area (TPSA) is 41.6 Å². The van der Waals surface area contributed by atoms with Gasteiger partial charge in [-0.2, -0.15) is 0 Å². The van der Waals surface area contributed by atoms with E-state index in [1.54, 1.807) is 0 Å². The number of carbonyl (C=O) groups excluding carboxylic acids is 1. The van der Waals surface area contributed by atoms with Crippen LogP contribution < -0.4 is 10.1 Å². The van der Waals surface area contributed by atoms with E-state index in [1.165, 1.54) is 0 Å². The molecule has 0 unspecified atom stereocenters. The highest BCUT2D eigenvalue weighted by Crippen LogP contribution is 2.23. The van der Waals surface area contributed by atoms with Crippen LogP contribution in [0.3, 0.4) is 0 Å². The summed E-state index contributed by atoms with van der Waals surface area (Å²) in [7, 11) is 1.86. The highest BCUT2D eigenvalue weighted by atomic mass is 16.5. The molecule has 0 saturated carbocycles. The average molecular weight is 282 g/mol. The van der Waals surface area contributed by atoms with Crippen molar-refractivity contribution in [2.45, 2.75) is 6.54 Å². The number of fused-ring (bicyclic) bond motifs is 1. The Labute approximate surface area is 124 Å². The van der Waals surface area contributed by atoms with Crippen LogP contribution in [0, 0.1) is 0 Å². The van der Waals surface area contributed by atoms with Crippen LogP contribution in [-0.2, 0) is 6.54 Å². The summed E-state index contributed by atoms with van der Waals surface area (Å²) in [6.07, 6.45) is 0. The Hall–Kier alpha value is -2.49. The Balaban J connectivity index is 1.81. The molecule has 0 fully saturated rings.